The minimum Gasteiger partial charge on any atom is -0.261 e. The van der Waals surface area contributed by atoms with Gasteiger partial charge in [-0.25, -0.2) is 0 Å². The van der Waals surface area contributed by atoms with Gasteiger partial charge in [0, 0.05) is 21.0 Å². The zero-order valence-electron chi connectivity index (χ0n) is 6.86. The predicted molar refractivity (Wildman–Crippen MR) is 45.2 cm³/mol. The number of hydrazine groups is 1. The second-order valence-corrected chi connectivity index (χ2v) is 6.27. The first-order valence-corrected chi connectivity index (χ1v) is 6.74. The summed E-state index contributed by atoms with van der Waals surface area (Å²) in [5.41, 5.74) is 6.36. The molecular weight excluding hydrogens is 128 g/mol. The van der Waals surface area contributed by atoms with Crippen LogP contribution < -0.4 is 10.9 Å². The van der Waals surface area contributed by atoms with E-state index in [1.165, 1.54) is 6.17 Å². The van der Waals surface area contributed by atoms with Crippen LogP contribution in [-0.4, -0.2) is 21.0 Å². The van der Waals surface area contributed by atoms with Crippen LogP contribution in [0.3, 0.4) is 0 Å². The van der Waals surface area contributed by atoms with Gasteiger partial charge >= 0.3 is 0 Å². The van der Waals surface area contributed by atoms with E-state index in [0.29, 0.717) is 6.04 Å². The molecule has 0 saturated heterocycles. The molecule has 0 rings (SSSR count). The van der Waals surface area contributed by atoms with Crippen molar-refractivity contribution in [1.29, 1.82) is 0 Å². The Hall–Kier alpha value is 0.137. The minimum atomic E-state index is -0.403. The molecule has 0 amide bonds. The van der Waals surface area contributed by atoms with Crippen LogP contribution in [0.5, 0.6) is 0 Å². The lowest BCUT2D eigenvalue weighted by Gasteiger charge is -2.10. The van der Waals surface area contributed by atoms with E-state index >= 15 is 0 Å². The lowest BCUT2D eigenvalue weighted by atomic mass is 10.4. The fourth-order valence-electron chi connectivity index (χ4n) is 0.467. The summed E-state index contributed by atoms with van der Waals surface area (Å²) in [6.07, 6.45) is 1.18. The van der Waals surface area contributed by atoms with Crippen molar-refractivity contribution in [2.45, 2.75) is 33.0 Å². The van der Waals surface area contributed by atoms with E-state index < -0.39 is 8.80 Å². The number of hydrogen-bond donors (Lipinski definition) is 2. The third-order valence-corrected chi connectivity index (χ3v) is 1.92. The van der Waals surface area contributed by atoms with Gasteiger partial charge in [-0.3, -0.25) is 10.9 Å². The highest BCUT2D eigenvalue weighted by Gasteiger charge is 1.93. The van der Waals surface area contributed by atoms with Gasteiger partial charge in [0.05, 0.1) is 0 Å². The summed E-state index contributed by atoms with van der Waals surface area (Å²) in [5, 5.41) is 0. The summed E-state index contributed by atoms with van der Waals surface area (Å²) in [6, 6.07) is 0.553. The van der Waals surface area contributed by atoms with Crippen molar-refractivity contribution in [2.75, 3.05) is 6.17 Å². The van der Waals surface area contributed by atoms with E-state index in [-0.39, 0.29) is 0 Å². The first kappa shape index (κ1) is 9.14. The quantitative estimate of drug-likeness (QED) is 0.446. The Kier molecular flexibility index (Phi) is 5.04. The molecule has 0 radical (unpaired) electrons. The van der Waals surface area contributed by atoms with E-state index in [9.17, 15) is 0 Å². The SMILES string of the molecule is CC(C)NNC[SiH](C)C. The number of nitrogens with one attached hydrogen (secondary N) is 2. The molecule has 0 aliphatic carbocycles. The molecule has 3 heteroatoms. The second kappa shape index (κ2) is 4.96. The summed E-state index contributed by atoms with van der Waals surface area (Å²) >= 11 is 0. The van der Waals surface area contributed by atoms with Crippen LogP contribution in [0.2, 0.25) is 13.1 Å². The zero-order chi connectivity index (χ0) is 7.28. The molecule has 0 heterocycles. The first-order chi connectivity index (χ1) is 4.13. The van der Waals surface area contributed by atoms with Crippen LogP contribution in [-0.2, 0) is 0 Å². The van der Waals surface area contributed by atoms with Gasteiger partial charge in [-0.2, -0.15) is 0 Å². The minimum absolute atomic E-state index is 0.403. The Morgan fingerprint density at radius 1 is 1.33 bits per heavy atom. The highest BCUT2D eigenvalue weighted by Crippen LogP contribution is 1.74. The monoisotopic (exact) mass is 146 g/mol. The molecule has 0 saturated carbocycles. The summed E-state index contributed by atoms with van der Waals surface area (Å²) < 4.78 is 0. The lowest BCUT2D eigenvalue weighted by Crippen LogP contribution is -2.41. The van der Waals surface area contributed by atoms with Crippen molar-refractivity contribution in [3.05, 3.63) is 0 Å². The molecule has 0 aromatic heterocycles. The molecule has 0 aromatic carbocycles. The Labute approximate surface area is 59.6 Å². The molecule has 56 valence electrons. The van der Waals surface area contributed by atoms with Crippen molar-refractivity contribution in [3.8, 4) is 0 Å². The van der Waals surface area contributed by atoms with Crippen LogP contribution in [0, 0.1) is 0 Å². The zero-order valence-corrected chi connectivity index (χ0v) is 8.02. The summed E-state index contributed by atoms with van der Waals surface area (Å²) in [4.78, 5) is 0. The van der Waals surface area contributed by atoms with Gasteiger partial charge in [-0.15, -0.1) is 0 Å². The Morgan fingerprint density at radius 3 is 2.22 bits per heavy atom. The van der Waals surface area contributed by atoms with Gasteiger partial charge in [0.15, 0.2) is 0 Å². The van der Waals surface area contributed by atoms with Crippen molar-refractivity contribution in [3.63, 3.8) is 0 Å². The molecule has 0 unspecified atom stereocenters. The third kappa shape index (κ3) is 8.14. The van der Waals surface area contributed by atoms with Gasteiger partial charge in [-0.05, 0) is 13.8 Å². The maximum absolute atomic E-state index is 3.20. The molecule has 0 aliphatic rings. The van der Waals surface area contributed by atoms with Gasteiger partial charge in [0.2, 0.25) is 0 Å². The highest BCUT2D eigenvalue weighted by atomic mass is 28.3. The van der Waals surface area contributed by atoms with Crippen LogP contribution in [0.15, 0.2) is 0 Å². The average molecular weight is 146 g/mol. The fraction of sp³-hybridized carbons (Fsp3) is 1.00. The first-order valence-electron chi connectivity index (χ1n) is 3.61. The largest absolute Gasteiger partial charge is 0.261 e. The molecule has 0 fully saturated rings. The molecule has 0 atom stereocenters. The van der Waals surface area contributed by atoms with E-state index in [4.69, 9.17) is 0 Å². The van der Waals surface area contributed by atoms with Crippen LogP contribution in [0.1, 0.15) is 13.8 Å². The van der Waals surface area contributed by atoms with Gasteiger partial charge in [0.25, 0.3) is 0 Å². The van der Waals surface area contributed by atoms with E-state index in [1.54, 1.807) is 0 Å². The van der Waals surface area contributed by atoms with Crippen molar-refractivity contribution in [1.82, 2.24) is 10.9 Å². The Bertz CT molecular complexity index is 56.1. The predicted octanol–water partition coefficient (Wildman–Crippen LogP) is 0.515. The molecule has 0 aromatic rings. The molecule has 0 bridgehead atoms. The third-order valence-electron chi connectivity index (χ3n) is 0.901. The molecule has 0 spiro atoms. The second-order valence-electron chi connectivity index (χ2n) is 3.07. The van der Waals surface area contributed by atoms with E-state index in [0.717, 1.165) is 0 Å². The summed E-state index contributed by atoms with van der Waals surface area (Å²) in [7, 11) is -0.403. The Balaban J connectivity index is 2.91. The topological polar surface area (TPSA) is 24.1 Å². The number of rotatable bonds is 4. The fourth-order valence-corrected chi connectivity index (χ4v) is 0.993. The highest BCUT2D eigenvalue weighted by molar-refractivity contribution is 6.55. The molecule has 0 aliphatic heterocycles. The van der Waals surface area contributed by atoms with Crippen LogP contribution in [0.4, 0.5) is 0 Å². The smallest absolute Gasteiger partial charge is 0.0484 e. The molecule has 2 N–H and O–H groups in total. The van der Waals surface area contributed by atoms with Crippen molar-refractivity contribution < 1.29 is 0 Å². The van der Waals surface area contributed by atoms with Gasteiger partial charge in [-0.1, -0.05) is 13.1 Å². The van der Waals surface area contributed by atoms with Crippen molar-refractivity contribution >= 4 is 8.80 Å². The lowest BCUT2D eigenvalue weighted by molar-refractivity contribution is 0.506. The Morgan fingerprint density at radius 2 is 1.89 bits per heavy atom. The average Bonchev–Trinajstić information content (AvgIpc) is 1.63. The molecule has 2 nitrogen and oxygen atoms in total. The summed E-state index contributed by atoms with van der Waals surface area (Å²) in [5.74, 6) is 0. The van der Waals surface area contributed by atoms with Crippen molar-refractivity contribution in [2.24, 2.45) is 0 Å². The van der Waals surface area contributed by atoms with Crippen LogP contribution in [0.25, 0.3) is 0 Å². The van der Waals surface area contributed by atoms with Gasteiger partial charge in [0.1, 0.15) is 0 Å². The van der Waals surface area contributed by atoms with Gasteiger partial charge < -0.3 is 0 Å². The normalized spacial score (nSPS) is 11.3. The maximum Gasteiger partial charge on any atom is 0.0484 e. The van der Waals surface area contributed by atoms with E-state index in [2.05, 4.69) is 37.8 Å². The van der Waals surface area contributed by atoms with E-state index in [1.807, 2.05) is 0 Å². The molecular formula is C6H18N2Si. The summed E-state index contributed by atoms with van der Waals surface area (Å²) in [6.45, 7) is 8.92. The standard InChI is InChI=1S/C6H18N2Si/c1-6(2)8-7-5-9(3)4/h6-9H,5H2,1-4H3. The van der Waals surface area contributed by atoms with Crippen LogP contribution >= 0.6 is 0 Å². The molecule has 9 heavy (non-hydrogen) atoms. The maximum atomic E-state index is 3.20. The number of hydrogen-bond acceptors (Lipinski definition) is 2.